The topological polar surface area (TPSA) is 50.1 Å². The molecule has 2 aromatic rings. The van der Waals surface area contributed by atoms with E-state index in [1.54, 1.807) is 42.5 Å². The van der Waals surface area contributed by atoms with Gasteiger partial charge in [-0.25, -0.2) is 0 Å². The Hall–Kier alpha value is -2.28. The molecule has 0 atom stereocenters. The van der Waals surface area contributed by atoms with E-state index in [-0.39, 0.29) is 21.2 Å². The van der Waals surface area contributed by atoms with Gasteiger partial charge in [-0.1, -0.05) is 41.4 Å². The predicted octanol–water partition coefficient (Wildman–Crippen LogP) is 5.18. The highest BCUT2D eigenvalue weighted by molar-refractivity contribution is 6.41. The van der Waals surface area contributed by atoms with Crippen molar-refractivity contribution in [1.29, 1.82) is 5.26 Å². The van der Waals surface area contributed by atoms with E-state index in [9.17, 15) is 10.1 Å². The van der Waals surface area contributed by atoms with Crippen molar-refractivity contribution in [2.24, 2.45) is 0 Å². The molecule has 0 unspecified atom stereocenters. The molecule has 0 radical (unpaired) electrons. The Bertz CT molecular complexity index is 787. The van der Waals surface area contributed by atoms with Gasteiger partial charge in [0.05, 0.1) is 22.2 Å². The van der Waals surface area contributed by atoms with Gasteiger partial charge in [0.1, 0.15) is 17.4 Å². The third kappa shape index (κ3) is 4.13. The third-order valence-corrected chi connectivity index (χ3v) is 3.66. The van der Waals surface area contributed by atoms with Crippen LogP contribution in [0.2, 0.25) is 10.0 Å². The number of nitrogens with zero attached hydrogens (tertiary/aromatic N) is 1. The van der Waals surface area contributed by atoms with Crippen LogP contribution in [0.15, 0.2) is 48.0 Å². The molecular formula is C18H13Cl2NO2. The third-order valence-electron chi connectivity index (χ3n) is 3.04. The van der Waals surface area contributed by atoms with Crippen LogP contribution in [0.3, 0.4) is 0 Å². The molecule has 0 spiro atoms. The van der Waals surface area contributed by atoms with Crippen molar-refractivity contribution in [1.82, 2.24) is 0 Å². The number of halogens is 2. The normalized spacial score (nSPS) is 11.0. The van der Waals surface area contributed by atoms with E-state index in [0.717, 1.165) is 0 Å². The molecule has 0 heterocycles. The van der Waals surface area contributed by atoms with Crippen molar-refractivity contribution in [3.05, 3.63) is 69.2 Å². The zero-order valence-electron chi connectivity index (χ0n) is 12.3. The van der Waals surface area contributed by atoms with Gasteiger partial charge in [0.15, 0.2) is 0 Å². The highest BCUT2D eigenvalue weighted by Crippen LogP contribution is 2.27. The number of allylic oxidation sites excluding steroid dienone is 1. The lowest BCUT2D eigenvalue weighted by atomic mass is 10.0. The minimum atomic E-state index is -0.509. The predicted molar refractivity (Wildman–Crippen MR) is 92.0 cm³/mol. The van der Waals surface area contributed by atoms with E-state index in [4.69, 9.17) is 27.9 Å². The summed E-state index contributed by atoms with van der Waals surface area (Å²) >= 11 is 12.1. The molecule has 2 rings (SSSR count). The highest BCUT2D eigenvalue weighted by atomic mass is 35.5. The number of benzene rings is 2. The van der Waals surface area contributed by atoms with Crippen molar-refractivity contribution in [3.8, 4) is 11.8 Å². The summed E-state index contributed by atoms with van der Waals surface area (Å²) < 4.78 is 5.41. The summed E-state index contributed by atoms with van der Waals surface area (Å²) in [5.74, 6) is 0.159. The van der Waals surface area contributed by atoms with Crippen molar-refractivity contribution < 1.29 is 9.53 Å². The van der Waals surface area contributed by atoms with Crippen LogP contribution in [-0.4, -0.2) is 12.4 Å². The number of Topliss-reactive ketones (excluding diaryl/α,β-unsaturated/α-hetero) is 1. The largest absolute Gasteiger partial charge is 0.494 e. The van der Waals surface area contributed by atoms with E-state index in [1.165, 1.54) is 6.08 Å². The van der Waals surface area contributed by atoms with Crippen LogP contribution in [0.4, 0.5) is 0 Å². The molecule has 0 aromatic heterocycles. The first-order valence-electron chi connectivity index (χ1n) is 6.90. The molecule has 0 aliphatic carbocycles. The fraction of sp³-hybridized carbons (Fsp3) is 0.111. The fourth-order valence-electron chi connectivity index (χ4n) is 2.03. The molecule has 0 aliphatic heterocycles. The van der Waals surface area contributed by atoms with E-state index < -0.39 is 5.78 Å². The zero-order valence-corrected chi connectivity index (χ0v) is 13.9. The van der Waals surface area contributed by atoms with E-state index >= 15 is 0 Å². The lowest BCUT2D eigenvalue weighted by Crippen LogP contribution is -2.04. The summed E-state index contributed by atoms with van der Waals surface area (Å²) in [6, 6.07) is 13.8. The summed E-state index contributed by atoms with van der Waals surface area (Å²) in [6.45, 7) is 2.42. The molecule has 116 valence electrons. The van der Waals surface area contributed by atoms with Gasteiger partial charge in [0, 0.05) is 0 Å². The summed E-state index contributed by atoms with van der Waals surface area (Å²) in [5.41, 5.74) is 0.766. The standard InChI is InChI=1S/C18H13Cl2NO2/c1-2-23-14-6-3-5-12(10-14)9-13(11-21)18(22)17-15(19)7-4-8-16(17)20/h3-10H,2H2,1H3/b13-9+. The second kappa shape index (κ2) is 7.82. The lowest BCUT2D eigenvalue weighted by Gasteiger charge is -2.06. The van der Waals surface area contributed by atoms with Gasteiger partial charge in [-0.05, 0) is 42.8 Å². The zero-order chi connectivity index (χ0) is 16.8. The molecule has 0 amide bonds. The number of nitriles is 1. The minimum Gasteiger partial charge on any atom is -0.494 e. The molecule has 0 bridgehead atoms. The molecule has 0 saturated heterocycles. The first-order chi connectivity index (χ1) is 11.1. The maximum Gasteiger partial charge on any atom is 0.206 e. The van der Waals surface area contributed by atoms with Gasteiger partial charge in [0.25, 0.3) is 0 Å². The van der Waals surface area contributed by atoms with Gasteiger partial charge in [-0.15, -0.1) is 0 Å². The first-order valence-corrected chi connectivity index (χ1v) is 7.65. The number of ether oxygens (including phenoxy) is 1. The average molecular weight is 346 g/mol. The van der Waals surface area contributed by atoms with Crippen LogP contribution in [-0.2, 0) is 0 Å². The molecule has 23 heavy (non-hydrogen) atoms. The quantitative estimate of drug-likeness (QED) is 0.426. The molecule has 0 fully saturated rings. The van der Waals surface area contributed by atoms with Crippen molar-refractivity contribution in [2.75, 3.05) is 6.61 Å². The molecule has 3 nitrogen and oxygen atoms in total. The van der Waals surface area contributed by atoms with Gasteiger partial charge in [-0.3, -0.25) is 4.79 Å². The fourth-order valence-corrected chi connectivity index (χ4v) is 2.59. The van der Waals surface area contributed by atoms with Crippen LogP contribution in [0.25, 0.3) is 6.08 Å². The van der Waals surface area contributed by atoms with Crippen LogP contribution in [0, 0.1) is 11.3 Å². The van der Waals surface area contributed by atoms with Gasteiger partial charge in [-0.2, -0.15) is 5.26 Å². The van der Waals surface area contributed by atoms with Crippen molar-refractivity contribution in [2.45, 2.75) is 6.92 Å². The van der Waals surface area contributed by atoms with E-state index in [1.807, 2.05) is 13.0 Å². The maximum absolute atomic E-state index is 12.5. The van der Waals surface area contributed by atoms with Gasteiger partial charge in [0.2, 0.25) is 5.78 Å². The van der Waals surface area contributed by atoms with E-state index in [2.05, 4.69) is 0 Å². The van der Waals surface area contributed by atoms with Crippen LogP contribution >= 0.6 is 23.2 Å². The highest BCUT2D eigenvalue weighted by Gasteiger charge is 2.18. The summed E-state index contributed by atoms with van der Waals surface area (Å²) in [6.07, 6.45) is 1.49. The van der Waals surface area contributed by atoms with Gasteiger partial charge < -0.3 is 4.74 Å². The first kappa shape index (κ1) is 17.1. The molecule has 0 aliphatic rings. The number of hydrogen-bond donors (Lipinski definition) is 0. The minimum absolute atomic E-state index is 0.0475. The Morgan fingerprint density at radius 3 is 2.48 bits per heavy atom. The number of rotatable bonds is 5. The Morgan fingerprint density at radius 2 is 1.87 bits per heavy atom. The second-order valence-corrected chi connectivity index (χ2v) is 5.42. The van der Waals surface area contributed by atoms with Crippen LogP contribution in [0.1, 0.15) is 22.8 Å². The lowest BCUT2D eigenvalue weighted by molar-refractivity contribution is 0.104. The Morgan fingerprint density at radius 1 is 1.22 bits per heavy atom. The molecule has 5 heteroatoms. The van der Waals surface area contributed by atoms with Crippen LogP contribution in [0.5, 0.6) is 5.75 Å². The number of carbonyl (C=O) groups excluding carboxylic acids is 1. The SMILES string of the molecule is CCOc1cccc(/C=C(\C#N)C(=O)c2c(Cl)cccc2Cl)c1. The number of ketones is 1. The summed E-state index contributed by atoms with van der Waals surface area (Å²) in [5, 5.41) is 9.75. The number of hydrogen-bond acceptors (Lipinski definition) is 3. The van der Waals surface area contributed by atoms with Crippen LogP contribution < -0.4 is 4.74 Å². The average Bonchev–Trinajstić information content (AvgIpc) is 2.53. The molecular weight excluding hydrogens is 333 g/mol. The Kier molecular flexibility index (Phi) is 5.81. The Balaban J connectivity index is 2.41. The van der Waals surface area contributed by atoms with Crippen molar-refractivity contribution in [3.63, 3.8) is 0 Å². The molecule has 2 aromatic carbocycles. The van der Waals surface area contributed by atoms with E-state index in [0.29, 0.717) is 17.9 Å². The number of carbonyl (C=O) groups is 1. The summed E-state index contributed by atoms with van der Waals surface area (Å²) in [4.78, 5) is 12.5. The monoisotopic (exact) mass is 345 g/mol. The smallest absolute Gasteiger partial charge is 0.206 e. The molecule has 0 N–H and O–H groups in total. The maximum atomic E-state index is 12.5. The van der Waals surface area contributed by atoms with Crippen molar-refractivity contribution >= 4 is 35.1 Å². The molecule has 0 saturated carbocycles. The van der Waals surface area contributed by atoms with Gasteiger partial charge >= 0.3 is 0 Å². The Labute approximate surface area is 144 Å². The second-order valence-electron chi connectivity index (χ2n) is 4.60. The summed E-state index contributed by atoms with van der Waals surface area (Å²) in [7, 11) is 0.